The SMILES string of the molecule is COc1cc(/C=C2\N=C(c3ccc(Br)cc3)OC2=O)ccc1OC(=O)/C=C/c1ccccc1. The molecule has 0 atom stereocenters. The molecule has 0 spiro atoms. The van der Waals surface area contributed by atoms with Crippen molar-refractivity contribution in [2.75, 3.05) is 7.11 Å². The molecular weight excluding hydrogens is 486 g/mol. The molecule has 0 N–H and O–H groups in total. The van der Waals surface area contributed by atoms with Crippen molar-refractivity contribution in [1.29, 1.82) is 0 Å². The van der Waals surface area contributed by atoms with Gasteiger partial charge in [0.25, 0.3) is 0 Å². The molecular formula is C26H18BrNO5. The van der Waals surface area contributed by atoms with Gasteiger partial charge in [0.05, 0.1) is 7.11 Å². The summed E-state index contributed by atoms with van der Waals surface area (Å²) in [5.74, 6) is -0.244. The first-order valence-electron chi connectivity index (χ1n) is 9.93. The molecule has 0 amide bonds. The Morgan fingerprint density at radius 1 is 0.970 bits per heavy atom. The highest BCUT2D eigenvalue weighted by Crippen LogP contribution is 2.30. The Kier molecular flexibility index (Phi) is 6.80. The minimum absolute atomic E-state index is 0.158. The fourth-order valence-electron chi connectivity index (χ4n) is 3.01. The molecule has 7 heteroatoms. The van der Waals surface area contributed by atoms with Gasteiger partial charge < -0.3 is 14.2 Å². The summed E-state index contributed by atoms with van der Waals surface area (Å²) < 4.78 is 16.9. The zero-order valence-electron chi connectivity index (χ0n) is 17.5. The monoisotopic (exact) mass is 503 g/mol. The minimum Gasteiger partial charge on any atom is -0.493 e. The molecule has 164 valence electrons. The van der Waals surface area contributed by atoms with Gasteiger partial charge in [-0.25, -0.2) is 14.6 Å². The lowest BCUT2D eigenvalue weighted by Gasteiger charge is -2.08. The highest BCUT2D eigenvalue weighted by atomic mass is 79.9. The number of cyclic esters (lactones) is 1. The van der Waals surface area contributed by atoms with Gasteiger partial charge in [0.1, 0.15) is 0 Å². The summed E-state index contributed by atoms with van der Waals surface area (Å²) in [5.41, 5.74) is 2.37. The first-order chi connectivity index (χ1) is 16.0. The van der Waals surface area contributed by atoms with Crippen LogP contribution >= 0.6 is 15.9 Å². The van der Waals surface area contributed by atoms with E-state index < -0.39 is 11.9 Å². The maximum Gasteiger partial charge on any atom is 0.363 e. The number of esters is 2. The Morgan fingerprint density at radius 2 is 1.73 bits per heavy atom. The van der Waals surface area contributed by atoms with Crippen LogP contribution in [0.25, 0.3) is 12.2 Å². The van der Waals surface area contributed by atoms with Crippen molar-refractivity contribution in [2.45, 2.75) is 0 Å². The molecule has 0 fully saturated rings. The van der Waals surface area contributed by atoms with Crippen LogP contribution in [0.5, 0.6) is 11.5 Å². The summed E-state index contributed by atoms with van der Waals surface area (Å²) >= 11 is 3.37. The van der Waals surface area contributed by atoms with Crippen LogP contribution in [0.1, 0.15) is 16.7 Å². The van der Waals surface area contributed by atoms with Crippen molar-refractivity contribution in [3.05, 3.63) is 106 Å². The van der Waals surface area contributed by atoms with Gasteiger partial charge in [-0.1, -0.05) is 52.3 Å². The molecule has 4 rings (SSSR count). The minimum atomic E-state index is -0.548. The Labute approximate surface area is 199 Å². The molecule has 3 aromatic carbocycles. The van der Waals surface area contributed by atoms with E-state index in [4.69, 9.17) is 14.2 Å². The summed E-state index contributed by atoms with van der Waals surface area (Å²) in [4.78, 5) is 28.8. The lowest BCUT2D eigenvalue weighted by Crippen LogP contribution is -2.05. The second-order valence-corrected chi connectivity index (χ2v) is 7.83. The Morgan fingerprint density at radius 3 is 2.45 bits per heavy atom. The topological polar surface area (TPSA) is 74.2 Å². The standard InChI is InChI=1S/C26H18BrNO5/c1-31-23-16-18(7-13-22(23)32-24(29)14-8-17-5-3-2-4-6-17)15-21-26(30)33-25(28-21)19-9-11-20(27)12-10-19/h2-16H,1H3/b14-8+,21-15-. The molecule has 0 aliphatic carbocycles. The molecule has 1 aliphatic rings. The summed E-state index contributed by atoms with van der Waals surface area (Å²) in [7, 11) is 1.47. The quantitative estimate of drug-likeness (QED) is 0.255. The van der Waals surface area contributed by atoms with Crippen molar-refractivity contribution in [3.8, 4) is 11.5 Å². The van der Waals surface area contributed by atoms with E-state index in [1.54, 1.807) is 42.5 Å². The predicted molar refractivity (Wildman–Crippen MR) is 129 cm³/mol. The van der Waals surface area contributed by atoms with Crippen LogP contribution in [0.4, 0.5) is 0 Å². The molecule has 0 saturated heterocycles. The van der Waals surface area contributed by atoms with E-state index in [9.17, 15) is 9.59 Å². The molecule has 0 aromatic heterocycles. The van der Waals surface area contributed by atoms with Crippen LogP contribution in [-0.4, -0.2) is 24.9 Å². The Bertz CT molecular complexity index is 1280. The van der Waals surface area contributed by atoms with Crippen molar-refractivity contribution >= 4 is 45.9 Å². The summed E-state index contributed by atoms with van der Waals surface area (Å²) in [6, 6.07) is 21.7. The Balaban J connectivity index is 1.51. The number of halogens is 1. The van der Waals surface area contributed by atoms with Crippen molar-refractivity contribution in [1.82, 2.24) is 0 Å². The molecule has 3 aromatic rings. The Hall–Kier alpha value is -3.97. The van der Waals surface area contributed by atoms with Crippen LogP contribution in [0.15, 0.2) is 94.0 Å². The van der Waals surface area contributed by atoms with E-state index in [-0.39, 0.29) is 17.3 Å². The molecule has 6 nitrogen and oxygen atoms in total. The lowest BCUT2D eigenvalue weighted by molar-refractivity contribution is -0.130. The third kappa shape index (κ3) is 5.64. The van der Waals surface area contributed by atoms with Crippen molar-refractivity contribution < 1.29 is 23.8 Å². The van der Waals surface area contributed by atoms with Gasteiger partial charge in [-0.2, -0.15) is 0 Å². The fraction of sp³-hybridized carbons (Fsp3) is 0.0385. The molecule has 0 saturated carbocycles. The van der Waals surface area contributed by atoms with Gasteiger partial charge in [-0.15, -0.1) is 0 Å². The average molecular weight is 504 g/mol. The average Bonchev–Trinajstić information content (AvgIpc) is 3.19. The largest absolute Gasteiger partial charge is 0.493 e. The number of ether oxygens (including phenoxy) is 3. The number of nitrogens with zero attached hydrogens (tertiary/aromatic N) is 1. The molecule has 1 aliphatic heterocycles. The van der Waals surface area contributed by atoms with Crippen LogP contribution in [-0.2, 0) is 14.3 Å². The molecule has 0 radical (unpaired) electrons. The highest BCUT2D eigenvalue weighted by Gasteiger charge is 2.24. The van der Waals surface area contributed by atoms with Gasteiger partial charge in [0.2, 0.25) is 5.90 Å². The molecule has 0 unspecified atom stereocenters. The van der Waals surface area contributed by atoms with Gasteiger partial charge >= 0.3 is 11.9 Å². The number of methoxy groups -OCH3 is 1. The van der Waals surface area contributed by atoms with Gasteiger partial charge in [0, 0.05) is 16.1 Å². The van der Waals surface area contributed by atoms with E-state index in [1.165, 1.54) is 13.2 Å². The second-order valence-electron chi connectivity index (χ2n) is 6.92. The summed E-state index contributed by atoms with van der Waals surface area (Å²) in [6.07, 6.45) is 4.59. The fourth-order valence-corrected chi connectivity index (χ4v) is 3.28. The van der Waals surface area contributed by atoms with E-state index in [0.717, 1.165) is 10.0 Å². The highest BCUT2D eigenvalue weighted by molar-refractivity contribution is 9.10. The van der Waals surface area contributed by atoms with Crippen LogP contribution in [0.2, 0.25) is 0 Å². The van der Waals surface area contributed by atoms with E-state index in [2.05, 4.69) is 20.9 Å². The van der Waals surface area contributed by atoms with E-state index >= 15 is 0 Å². The van der Waals surface area contributed by atoms with Crippen molar-refractivity contribution in [3.63, 3.8) is 0 Å². The van der Waals surface area contributed by atoms with E-state index in [1.807, 2.05) is 42.5 Å². The number of rotatable bonds is 6. The number of aliphatic imine (C=N–C) groups is 1. The van der Waals surface area contributed by atoms with Gasteiger partial charge in [-0.05, 0) is 59.7 Å². The van der Waals surface area contributed by atoms with Crippen molar-refractivity contribution in [2.24, 2.45) is 4.99 Å². The molecule has 0 bridgehead atoms. The normalized spacial score (nSPS) is 14.3. The number of carbonyl (C=O) groups is 2. The summed E-state index contributed by atoms with van der Waals surface area (Å²) in [5, 5.41) is 0. The van der Waals surface area contributed by atoms with Gasteiger partial charge in [0.15, 0.2) is 17.2 Å². The molecule has 33 heavy (non-hydrogen) atoms. The zero-order chi connectivity index (χ0) is 23.2. The van der Waals surface area contributed by atoms with E-state index in [0.29, 0.717) is 16.9 Å². The first-order valence-corrected chi connectivity index (χ1v) is 10.7. The first kappa shape index (κ1) is 22.2. The number of carbonyl (C=O) groups excluding carboxylic acids is 2. The maximum absolute atomic E-state index is 12.3. The predicted octanol–water partition coefficient (Wildman–Crippen LogP) is 5.42. The lowest BCUT2D eigenvalue weighted by atomic mass is 10.1. The summed E-state index contributed by atoms with van der Waals surface area (Å²) in [6.45, 7) is 0. The third-order valence-corrected chi connectivity index (χ3v) is 5.15. The van der Waals surface area contributed by atoms with Crippen LogP contribution in [0, 0.1) is 0 Å². The van der Waals surface area contributed by atoms with Crippen LogP contribution < -0.4 is 9.47 Å². The number of benzene rings is 3. The van der Waals surface area contributed by atoms with Crippen LogP contribution in [0.3, 0.4) is 0 Å². The third-order valence-electron chi connectivity index (χ3n) is 4.62. The van der Waals surface area contributed by atoms with Gasteiger partial charge in [-0.3, -0.25) is 0 Å². The number of hydrogen-bond donors (Lipinski definition) is 0. The number of hydrogen-bond acceptors (Lipinski definition) is 6. The second kappa shape index (κ2) is 10.1. The zero-order valence-corrected chi connectivity index (χ0v) is 19.1. The smallest absolute Gasteiger partial charge is 0.363 e. The molecule has 1 heterocycles. The maximum atomic E-state index is 12.3.